The highest BCUT2D eigenvalue weighted by atomic mass is 19.4. The third-order valence-electron chi connectivity index (χ3n) is 6.71. The lowest BCUT2D eigenvalue weighted by molar-refractivity contribution is -0.137. The van der Waals surface area contributed by atoms with Gasteiger partial charge in [0, 0.05) is 18.3 Å². The van der Waals surface area contributed by atoms with Crippen molar-refractivity contribution in [1.29, 1.82) is 0 Å². The number of hydrogen-bond donors (Lipinski definition) is 1. The van der Waals surface area contributed by atoms with Crippen molar-refractivity contribution in [2.45, 2.75) is 19.1 Å². The summed E-state index contributed by atoms with van der Waals surface area (Å²) in [6.07, 6.45) is -4.64. The summed E-state index contributed by atoms with van der Waals surface area (Å²) in [5, 5.41) is 11.4. The molecule has 2 aliphatic rings. The van der Waals surface area contributed by atoms with Gasteiger partial charge in [-0.3, -0.25) is 14.5 Å². The van der Waals surface area contributed by atoms with Gasteiger partial charge in [0.2, 0.25) is 0 Å². The second-order valence-corrected chi connectivity index (χ2v) is 9.03. The highest BCUT2D eigenvalue weighted by Gasteiger charge is 2.48. The minimum atomic E-state index is -4.64. The molecule has 2 heterocycles. The maximum Gasteiger partial charge on any atom is 0.416 e. The molecule has 0 aromatic heterocycles. The Balaban J connectivity index is 1.72. The van der Waals surface area contributed by atoms with E-state index in [1.807, 2.05) is 11.9 Å². The summed E-state index contributed by atoms with van der Waals surface area (Å²) >= 11 is 0. The lowest BCUT2D eigenvalue weighted by Gasteiger charge is -2.28. The summed E-state index contributed by atoms with van der Waals surface area (Å²) < 4.78 is 46.1. The predicted octanol–water partition coefficient (Wildman–Crippen LogP) is 5.47. The molecule has 37 heavy (non-hydrogen) atoms. The maximum absolute atomic E-state index is 13.5. The molecule has 3 aromatic carbocycles. The second-order valence-electron chi connectivity index (χ2n) is 9.03. The van der Waals surface area contributed by atoms with Crippen LogP contribution in [0.25, 0.3) is 5.76 Å². The molecule has 5 rings (SSSR count). The van der Waals surface area contributed by atoms with Crippen molar-refractivity contribution in [2.24, 2.45) is 0 Å². The van der Waals surface area contributed by atoms with Crippen LogP contribution in [0.1, 0.15) is 28.3 Å². The van der Waals surface area contributed by atoms with Crippen LogP contribution in [0.5, 0.6) is 5.75 Å². The average molecular weight is 508 g/mol. The van der Waals surface area contributed by atoms with E-state index < -0.39 is 35.2 Å². The lowest BCUT2D eigenvalue weighted by atomic mass is 9.92. The van der Waals surface area contributed by atoms with Crippen LogP contribution in [0.3, 0.4) is 0 Å². The zero-order valence-electron chi connectivity index (χ0n) is 20.0. The van der Waals surface area contributed by atoms with E-state index in [0.717, 1.165) is 17.0 Å². The standard InChI is InChI=1S/C28H23F3N2O4/c1-16-6-3-4-9-20(16)24-23(25(34)17-10-11-22-21(14-17)32(2)12-13-37-22)26(35)27(36)33(24)19-8-5-7-18(15-19)28(29,30)31/h3-11,14-15,24,34H,12-13H2,1-2H3/b25-23+. The molecular formula is C28H23F3N2O4. The molecule has 0 aliphatic carbocycles. The molecule has 0 bridgehead atoms. The van der Waals surface area contributed by atoms with Crippen molar-refractivity contribution >= 4 is 28.8 Å². The van der Waals surface area contributed by atoms with Gasteiger partial charge in [0.1, 0.15) is 18.1 Å². The van der Waals surface area contributed by atoms with E-state index in [1.165, 1.54) is 12.1 Å². The fraction of sp³-hybridized carbons (Fsp3) is 0.214. The number of alkyl halides is 3. The number of carbonyl (C=O) groups is 2. The third-order valence-corrected chi connectivity index (χ3v) is 6.71. The summed E-state index contributed by atoms with van der Waals surface area (Å²) in [7, 11) is 1.87. The minimum absolute atomic E-state index is 0.0946. The Bertz CT molecular complexity index is 1450. The van der Waals surface area contributed by atoms with Gasteiger partial charge >= 0.3 is 6.18 Å². The number of benzene rings is 3. The van der Waals surface area contributed by atoms with Gasteiger partial charge < -0.3 is 14.7 Å². The molecule has 3 aromatic rings. The normalized spacial score (nSPS) is 19.1. The molecule has 2 aliphatic heterocycles. The first-order valence-electron chi connectivity index (χ1n) is 11.6. The van der Waals surface area contributed by atoms with Gasteiger partial charge in [-0.15, -0.1) is 0 Å². The molecule has 0 radical (unpaired) electrons. The van der Waals surface area contributed by atoms with Crippen LogP contribution < -0.4 is 14.5 Å². The van der Waals surface area contributed by atoms with Crippen LogP contribution in [0.2, 0.25) is 0 Å². The van der Waals surface area contributed by atoms with E-state index in [1.54, 1.807) is 49.4 Å². The van der Waals surface area contributed by atoms with Crippen LogP contribution in [-0.4, -0.2) is 37.0 Å². The summed E-state index contributed by atoms with van der Waals surface area (Å²) in [6, 6.07) is 15.0. The van der Waals surface area contributed by atoms with Gasteiger partial charge in [-0.1, -0.05) is 30.3 Å². The number of rotatable bonds is 3. The Morgan fingerprint density at radius 1 is 1.03 bits per heavy atom. The Morgan fingerprint density at radius 3 is 2.51 bits per heavy atom. The molecule has 6 nitrogen and oxygen atoms in total. The molecule has 190 valence electrons. The van der Waals surface area contributed by atoms with Gasteiger partial charge in [0.05, 0.1) is 29.4 Å². The molecule has 1 fully saturated rings. The summed E-state index contributed by atoms with van der Waals surface area (Å²) in [6.45, 7) is 2.90. The van der Waals surface area contributed by atoms with Crippen molar-refractivity contribution < 1.29 is 32.6 Å². The number of ketones is 1. The number of likely N-dealkylation sites (N-methyl/N-ethyl adjacent to an activating group) is 1. The number of anilines is 2. The first-order chi connectivity index (χ1) is 17.6. The number of fused-ring (bicyclic) bond motifs is 1. The Morgan fingerprint density at radius 2 is 1.78 bits per heavy atom. The fourth-order valence-corrected chi connectivity index (χ4v) is 4.77. The van der Waals surface area contributed by atoms with Gasteiger partial charge in [0.15, 0.2) is 0 Å². The van der Waals surface area contributed by atoms with Gasteiger partial charge in [-0.05, 0) is 54.4 Å². The summed E-state index contributed by atoms with van der Waals surface area (Å²) in [4.78, 5) is 29.6. The molecular weight excluding hydrogens is 485 g/mol. The minimum Gasteiger partial charge on any atom is -0.507 e. The fourth-order valence-electron chi connectivity index (χ4n) is 4.77. The lowest BCUT2D eigenvalue weighted by Crippen LogP contribution is -2.30. The van der Waals surface area contributed by atoms with E-state index in [0.29, 0.717) is 35.7 Å². The van der Waals surface area contributed by atoms with Crippen molar-refractivity contribution in [3.63, 3.8) is 0 Å². The van der Waals surface area contributed by atoms with E-state index >= 15 is 0 Å². The second kappa shape index (κ2) is 8.99. The highest BCUT2D eigenvalue weighted by molar-refractivity contribution is 6.51. The number of amides is 1. The zero-order chi connectivity index (χ0) is 26.5. The van der Waals surface area contributed by atoms with Crippen LogP contribution in [-0.2, 0) is 15.8 Å². The largest absolute Gasteiger partial charge is 0.507 e. The first-order valence-corrected chi connectivity index (χ1v) is 11.6. The van der Waals surface area contributed by atoms with Crippen LogP contribution in [0, 0.1) is 6.92 Å². The van der Waals surface area contributed by atoms with Crippen LogP contribution in [0.4, 0.5) is 24.5 Å². The number of nitrogens with zero attached hydrogens (tertiary/aromatic N) is 2. The van der Waals surface area contributed by atoms with E-state index in [9.17, 15) is 27.9 Å². The first kappa shape index (κ1) is 24.4. The molecule has 1 saturated heterocycles. The Hall–Kier alpha value is -4.27. The number of hydrogen-bond acceptors (Lipinski definition) is 5. The van der Waals surface area contributed by atoms with Gasteiger partial charge in [0.25, 0.3) is 11.7 Å². The number of halogens is 3. The van der Waals surface area contributed by atoms with Crippen LogP contribution in [0.15, 0.2) is 72.3 Å². The van der Waals surface area contributed by atoms with Crippen molar-refractivity contribution in [3.05, 3.63) is 94.6 Å². The monoisotopic (exact) mass is 508 g/mol. The molecule has 1 unspecified atom stereocenters. The Kier molecular flexibility index (Phi) is 5.94. The number of aryl methyl sites for hydroxylation is 1. The summed E-state index contributed by atoms with van der Waals surface area (Å²) in [5.74, 6) is -1.80. The van der Waals surface area contributed by atoms with Crippen molar-refractivity contribution in [2.75, 3.05) is 30.0 Å². The van der Waals surface area contributed by atoms with Crippen molar-refractivity contribution in [3.8, 4) is 5.75 Å². The molecule has 1 atom stereocenters. The van der Waals surface area contributed by atoms with Gasteiger partial charge in [-0.2, -0.15) is 13.2 Å². The third kappa shape index (κ3) is 4.20. The van der Waals surface area contributed by atoms with Gasteiger partial charge in [-0.25, -0.2) is 0 Å². The number of aliphatic hydroxyl groups is 1. The van der Waals surface area contributed by atoms with E-state index in [2.05, 4.69) is 0 Å². The van der Waals surface area contributed by atoms with Crippen LogP contribution >= 0.6 is 0 Å². The Labute approximate surface area is 211 Å². The number of ether oxygens (including phenoxy) is 1. The predicted molar refractivity (Wildman–Crippen MR) is 133 cm³/mol. The van der Waals surface area contributed by atoms with E-state index in [-0.39, 0.29) is 16.8 Å². The molecule has 9 heteroatoms. The number of aliphatic hydroxyl groups excluding tert-OH is 1. The zero-order valence-corrected chi connectivity index (χ0v) is 20.0. The average Bonchev–Trinajstić information content (AvgIpc) is 3.13. The topological polar surface area (TPSA) is 70.1 Å². The highest BCUT2D eigenvalue weighted by Crippen LogP contribution is 2.45. The molecule has 0 saturated carbocycles. The summed E-state index contributed by atoms with van der Waals surface area (Å²) in [5.41, 5.74) is 0.966. The molecule has 0 spiro atoms. The molecule has 1 N–H and O–H groups in total. The number of carbonyl (C=O) groups excluding carboxylic acids is 2. The van der Waals surface area contributed by atoms with E-state index in [4.69, 9.17) is 4.74 Å². The quantitative estimate of drug-likeness (QED) is 0.289. The maximum atomic E-state index is 13.5. The smallest absolute Gasteiger partial charge is 0.416 e. The SMILES string of the molecule is Cc1ccccc1C1/C(=C(\O)c2ccc3c(c2)N(C)CCO3)C(=O)C(=O)N1c1cccc(C(F)(F)F)c1. The number of Topliss-reactive ketones (excluding diaryl/α,β-unsaturated/α-hetero) is 1. The van der Waals surface area contributed by atoms with Crippen molar-refractivity contribution in [1.82, 2.24) is 0 Å². The molecule has 1 amide bonds.